The zero-order chi connectivity index (χ0) is 17.6. The summed E-state index contributed by atoms with van der Waals surface area (Å²) < 4.78 is 5.77. The van der Waals surface area contributed by atoms with Crippen molar-refractivity contribution < 1.29 is 0 Å². The van der Waals surface area contributed by atoms with Gasteiger partial charge < -0.3 is 9.55 Å². The van der Waals surface area contributed by atoms with Crippen molar-refractivity contribution in [3.05, 3.63) is 27.5 Å². The maximum absolute atomic E-state index is 13.0. The number of aromatic nitrogens is 8. The number of nitrogens with one attached hydrogen (secondary N) is 1. The highest BCUT2D eigenvalue weighted by Crippen LogP contribution is 2.19. The minimum Gasteiger partial charge on any atom is -0.331 e. The molecule has 0 aliphatic rings. The predicted octanol–water partition coefficient (Wildman–Crippen LogP) is 2.12. The van der Waals surface area contributed by atoms with E-state index in [1.165, 1.54) is 4.40 Å². The lowest BCUT2D eigenvalue weighted by molar-refractivity contribution is 0.612. The average molecular weight is 405 g/mol. The van der Waals surface area contributed by atoms with Gasteiger partial charge in [-0.3, -0.25) is 9.36 Å². The number of nitrogens with zero attached hydrogens (tertiary/aromatic N) is 7. The Morgan fingerprint density at radius 3 is 2.80 bits per heavy atom. The molecule has 25 heavy (non-hydrogen) atoms. The summed E-state index contributed by atoms with van der Waals surface area (Å²) >= 11 is 3.32. The second-order valence-electron chi connectivity index (χ2n) is 5.91. The van der Waals surface area contributed by atoms with Crippen LogP contribution in [0.5, 0.6) is 0 Å². The predicted molar refractivity (Wildman–Crippen MR) is 96.3 cm³/mol. The highest BCUT2D eigenvalue weighted by atomic mass is 79.9. The van der Waals surface area contributed by atoms with Gasteiger partial charge in [0.2, 0.25) is 11.6 Å². The van der Waals surface area contributed by atoms with Crippen molar-refractivity contribution in [1.82, 2.24) is 38.7 Å². The third kappa shape index (κ3) is 2.48. The highest BCUT2D eigenvalue weighted by Gasteiger charge is 2.21. The second kappa shape index (κ2) is 6.10. The minimum atomic E-state index is -0.238. The highest BCUT2D eigenvalue weighted by molar-refractivity contribution is 9.10. The summed E-state index contributed by atoms with van der Waals surface area (Å²) in [7, 11) is 1.86. The molecule has 0 bridgehead atoms. The van der Waals surface area contributed by atoms with Crippen LogP contribution in [0.2, 0.25) is 0 Å². The van der Waals surface area contributed by atoms with Gasteiger partial charge in [-0.15, -0.1) is 10.2 Å². The molecule has 130 valence electrons. The molecule has 9 nitrogen and oxygen atoms in total. The van der Waals surface area contributed by atoms with Gasteiger partial charge in [0.05, 0.1) is 0 Å². The van der Waals surface area contributed by atoms with Gasteiger partial charge in [0.25, 0.3) is 5.56 Å². The van der Waals surface area contributed by atoms with Crippen LogP contribution >= 0.6 is 15.9 Å². The van der Waals surface area contributed by atoms with Crippen LogP contribution in [0.25, 0.3) is 28.6 Å². The quantitative estimate of drug-likeness (QED) is 0.405. The van der Waals surface area contributed by atoms with E-state index in [1.54, 1.807) is 6.20 Å². The fourth-order valence-corrected chi connectivity index (χ4v) is 3.34. The van der Waals surface area contributed by atoms with Crippen molar-refractivity contribution in [2.75, 3.05) is 0 Å². The summed E-state index contributed by atoms with van der Waals surface area (Å²) in [5.74, 6) is 1.48. The van der Waals surface area contributed by atoms with Crippen LogP contribution in [0, 0.1) is 0 Å². The third-order valence-electron chi connectivity index (χ3n) is 4.22. The molecule has 0 aliphatic carbocycles. The van der Waals surface area contributed by atoms with Crippen LogP contribution in [0.15, 0.2) is 21.9 Å². The molecule has 4 heterocycles. The number of aryl methyl sites for hydroxylation is 2. The van der Waals surface area contributed by atoms with Crippen LogP contribution in [-0.4, -0.2) is 38.7 Å². The minimum absolute atomic E-state index is 0.238. The molecule has 0 saturated heterocycles. The van der Waals surface area contributed by atoms with Gasteiger partial charge in [-0.1, -0.05) is 19.8 Å². The first kappa shape index (κ1) is 16.0. The van der Waals surface area contributed by atoms with E-state index in [4.69, 9.17) is 0 Å². The van der Waals surface area contributed by atoms with Crippen molar-refractivity contribution in [1.29, 1.82) is 0 Å². The van der Waals surface area contributed by atoms with Gasteiger partial charge in [-0.05, 0) is 22.4 Å². The molecule has 4 aromatic heterocycles. The first-order valence-electron chi connectivity index (χ1n) is 8.12. The Bertz CT molecular complexity index is 1120. The maximum atomic E-state index is 13.0. The molecule has 0 unspecified atom stereocenters. The Morgan fingerprint density at radius 2 is 2.08 bits per heavy atom. The normalized spacial score (nSPS) is 11.8. The van der Waals surface area contributed by atoms with E-state index in [9.17, 15) is 4.79 Å². The standard InChI is InChI=1S/C15H17BrN8O/c1-3-4-5-7-23-10-9(18-14(16)19-10)13(25)24-12(20-21-15(23)24)11-17-6-8-22(11)2/h6,8H,3-5,7H2,1-2H3,(H,18,19). The van der Waals surface area contributed by atoms with Gasteiger partial charge in [0, 0.05) is 26.0 Å². The number of H-pyrrole nitrogens is 1. The molecule has 4 rings (SSSR count). The van der Waals surface area contributed by atoms with Crippen LogP contribution in [0.4, 0.5) is 0 Å². The van der Waals surface area contributed by atoms with Crippen LogP contribution < -0.4 is 5.56 Å². The number of unbranched alkanes of at least 4 members (excludes halogenated alkanes) is 2. The third-order valence-corrected chi connectivity index (χ3v) is 4.60. The summed E-state index contributed by atoms with van der Waals surface area (Å²) in [4.78, 5) is 24.7. The number of fused-ring (bicyclic) bond motifs is 2. The fraction of sp³-hybridized carbons (Fsp3) is 0.400. The molecule has 4 aromatic rings. The number of imidazole rings is 2. The summed E-state index contributed by atoms with van der Waals surface area (Å²) in [6, 6.07) is 0. The van der Waals surface area contributed by atoms with E-state index in [-0.39, 0.29) is 5.56 Å². The van der Waals surface area contributed by atoms with E-state index in [0.717, 1.165) is 19.3 Å². The largest absolute Gasteiger partial charge is 0.331 e. The lowest BCUT2D eigenvalue weighted by Crippen LogP contribution is -2.20. The Morgan fingerprint density at radius 1 is 1.24 bits per heavy atom. The summed E-state index contributed by atoms with van der Waals surface area (Å²) in [6.07, 6.45) is 6.64. The van der Waals surface area contributed by atoms with Crippen LogP contribution in [0.1, 0.15) is 26.2 Å². The molecule has 0 aromatic carbocycles. The molecule has 0 amide bonds. The summed E-state index contributed by atoms with van der Waals surface area (Å²) in [5.41, 5.74) is 0.767. The van der Waals surface area contributed by atoms with Crippen molar-refractivity contribution in [3.8, 4) is 11.6 Å². The average Bonchev–Trinajstić information content (AvgIpc) is 3.28. The zero-order valence-corrected chi connectivity index (χ0v) is 15.5. The maximum Gasteiger partial charge on any atom is 0.286 e. The number of rotatable bonds is 5. The van der Waals surface area contributed by atoms with Gasteiger partial charge in [0.1, 0.15) is 0 Å². The SMILES string of the molecule is CCCCCn1c2nc(Br)[nH]c2c(=O)n2c(-c3nccn3C)nnc12. The smallest absolute Gasteiger partial charge is 0.286 e. The molecule has 0 spiro atoms. The van der Waals surface area contributed by atoms with Crippen LogP contribution in [-0.2, 0) is 13.6 Å². The molecule has 0 radical (unpaired) electrons. The van der Waals surface area contributed by atoms with Gasteiger partial charge >= 0.3 is 0 Å². The van der Waals surface area contributed by atoms with Gasteiger partial charge in [-0.25, -0.2) is 14.4 Å². The van der Waals surface area contributed by atoms with Crippen molar-refractivity contribution >= 4 is 32.9 Å². The zero-order valence-electron chi connectivity index (χ0n) is 13.9. The Labute approximate surface area is 150 Å². The molecule has 0 aliphatic heterocycles. The van der Waals surface area contributed by atoms with E-state index in [0.29, 0.717) is 39.9 Å². The molecular weight excluding hydrogens is 388 g/mol. The molecular formula is C15H17BrN8O. The van der Waals surface area contributed by atoms with Crippen molar-refractivity contribution in [2.45, 2.75) is 32.7 Å². The van der Waals surface area contributed by atoms with Gasteiger partial charge in [0.15, 0.2) is 21.7 Å². The number of hydrogen-bond acceptors (Lipinski definition) is 5. The monoisotopic (exact) mass is 404 g/mol. The molecule has 1 N–H and O–H groups in total. The van der Waals surface area contributed by atoms with E-state index < -0.39 is 0 Å². The summed E-state index contributed by atoms with van der Waals surface area (Å²) in [5, 5.41) is 8.50. The van der Waals surface area contributed by atoms with E-state index >= 15 is 0 Å². The van der Waals surface area contributed by atoms with Gasteiger partial charge in [-0.2, -0.15) is 0 Å². The van der Waals surface area contributed by atoms with Crippen LogP contribution in [0.3, 0.4) is 0 Å². The Hall–Kier alpha value is -2.49. The first-order valence-corrected chi connectivity index (χ1v) is 8.92. The summed E-state index contributed by atoms with van der Waals surface area (Å²) in [6.45, 7) is 2.86. The lowest BCUT2D eigenvalue weighted by Gasteiger charge is -2.09. The van der Waals surface area contributed by atoms with E-state index in [1.807, 2.05) is 22.4 Å². The number of aromatic amines is 1. The second-order valence-corrected chi connectivity index (χ2v) is 6.66. The Balaban J connectivity index is 2.04. The fourth-order valence-electron chi connectivity index (χ4n) is 2.98. The van der Waals surface area contributed by atoms with E-state index in [2.05, 4.69) is 48.0 Å². The molecule has 0 atom stereocenters. The number of hydrogen-bond donors (Lipinski definition) is 1. The molecule has 0 fully saturated rings. The Kier molecular flexibility index (Phi) is 3.91. The van der Waals surface area contributed by atoms with Crippen molar-refractivity contribution in [3.63, 3.8) is 0 Å². The number of halogens is 1. The van der Waals surface area contributed by atoms with Crippen molar-refractivity contribution in [2.24, 2.45) is 7.05 Å². The molecule has 0 saturated carbocycles. The lowest BCUT2D eigenvalue weighted by atomic mass is 10.2. The first-order chi connectivity index (χ1) is 12.1. The molecule has 10 heteroatoms. The topological polar surface area (TPSA) is 98.7 Å².